The second kappa shape index (κ2) is 6.12. The van der Waals surface area contributed by atoms with Crippen LogP contribution < -0.4 is 4.90 Å². The van der Waals surface area contributed by atoms with Gasteiger partial charge in [0.2, 0.25) is 0 Å². The minimum atomic E-state index is -0.0481. The molecule has 0 aliphatic carbocycles. The number of thiophene rings is 1. The minimum Gasteiger partial charge on any atom is -0.311 e. The van der Waals surface area contributed by atoms with Gasteiger partial charge in [0.15, 0.2) is 0 Å². The molecule has 0 saturated heterocycles. The summed E-state index contributed by atoms with van der Waals surface area (Å²) in [5.74, 6) is -0.0481. The second-order valence-electron chi connectivity index (χ2n) is 5.04. The van der Waals surface area contributed by atoms with Gasteiger partial charge < -0.3 is 4.90 Å². The fourth-order valence-electron chi connectivity index (χ4n) is 2.31. The molecule has 3 aromatic rings. The van der Waals surface area contributed by atoms with E-state index in [4.69, 9.17) is 0 Å². The standard InChI is InChI=1S/C18H16N2OS/c1-13-16(8-9-17(19-13)14-10-11-22-12-14)18(21)20(2)15-6-4-3-5-7-15/h3-12H,1-2H3. The molecule has 0 radical (unpaired) electrons. The van der Waals surface area contributed by atoms with E-state index >= 15 is 0 Å². The molecule has 0 atom stereocenters. The van der Waals surface area contributed by atoms with Gasteiger partial charge in [-0.3, -0.25) is 9.78 Å². The first kappa shape index (κ1) is 14.5. The molecule has 2 aromatic heterocycles. The summed E-state index contributed by atoms with van der Waals surface area (Å²) >= 11 is 1.64. The van der Waals surface area contributed by atoms with E-state index < -0.39 is 0 Å². The number of nitrogens with zero attached hydrogens (tertiary/aromatic N) is 2. The van der Waals surface area contributed by atoms with Crippen LogP contribution in [0.25, 0.3) is 11.3 Å². The lowest BCUT2D eigenvalue weighted by Gasteiger charge is -2.18. The van der Waals surface area contributed by atoms with Crippen molar-refractivity contribution in [2.75, 3.05) is 11.9 Å². The maximum absolute atomic E-state index is 12.7. The molecule has 110 valence electrons. The Labute approximate surface area is 133 Å². The number of aryl methyl sites for hydroxylation is 1. The highest BCUT2D eigenvalue weighted by Crippen LogP contribution is 2.23. The molecule has 1 amide bonds. The van der Waals surface area contributed by atoms with Crippen molar-refractivity contribution in [1.82, 2.24) is 4.98 Å². The predicted molar refractivity (Wildman–Crippen MR) is 91.5 cm³/mol. The molecule has 0 aliphatic heterocycles. The van der Waals surface area contributed by atoms with Crippen molar-refractivity contribution in [3.8, 4) is 11.3 Å². The van der Waals surface area contributed by atoms with Crippen LogP contribution in [0.3, 0.4) is 0 Å². The zero-order valence-electron chi connectivity index (χ0n) is 12.5. The summed E-state index contributed by atoms with van der Waals surface area (Å²) in [6.07, 6.45) is 0. The van der Waals surface area contributed by atoms with Gasteiger partial charge in [0.25, 0.3) is 5.91 Å². The second-order valence-corrected chi connectivity index (χ2v) is 5.82. The van der Waals surface area contributed by atoms with Crippen molar-refractivity contribution in [1.29, 1.82) is 0 Å². The molecule has 0 spiro atoms. The summed E-state index contributed by atoms with van der Waals surface area (Å²) in [5, 5.41) is 4.08. The van der Waals surface area contributed by atoms with Crippen molar-refractivity contribution >= 4 is 22.9 Å². The quantitative estimate of drug-likeness (QED) is 0.718. The van der Waals surface area contributed by atoms with Crippen molar-refractivity contribution in [2.24, 2.45) is 0 Å². The number of para-hydroxylation sites is 1. The van der Waals surface area contributed by atoms with Gasteiger partial charge in [0.1, 0.15) is 0 Å². The zero-order valence-corrected chi connectivity index (χ0v) is 13.3. The molecule has 0 bridgehead atoms. The third-order valence-corrected chi connectivity index (χ3v) is 4.26. The van der Waals surface area contributed by atoms with Gasteiger partial charge in [-0.15, -0.1) is 0 Å². The summed E-state index contributed by atoms with van der Waals surface area (Å²) in [6, 6.07) is 15.4. The number of hydrogen-bond donors (Lipinski definition) is 0. The molecule has 4 heteroatoms. The van der Waals surface area contributed by atoms with Crippen molar-refractivity contribution in [2.45, 2.75) is 6.92 Å². The Hall–Kier alpha value is -2.46. The van der Waals surface area contributed by atoms with Gasteiger partial charge in [-0.25, -0.2) is 0 Å². The largest absolute Gasteiger partial charge is 0.311 e. The first-order chi connectivity index (χ1) is 10.7. The van der Waals surface area contributed by atoms with E-state index in [1.807, 2.05) is 60.8 Å². The van der Waals surface area contributed by atoms with E-state index in [9.17, 15) is 4.79 Å². The third-order valence-electron chi connectivity index (χ3n) is 3.58. The first-order valence-electron chi connectivity index (χ1n) is 7.00. The van der Waals surface area contributed by atoms with Gasteiger partial charge in [-0.1, -0.05) is 18.2 Å². The Bertz CT molecular complexity index is 782. The van der Waals surface area contributed by atoms with Crippen LogP contribution in [0.1, 0.15) is 16.1 Å². The highest BCUT2D eigenvalue weighted by atomic mass is 32.1. The van der Waals surface area contributed by atoms with Crippen LogP contribution in [-0.4, -0.2) is 17.9 Å². The van der Waals surface area contributed by atoms with E-state index in [0.29, 0.717) is 5.56 Å². The van der Waals surface area contributed by atoms with Crippen LogP contribution in [0.2, 0.25) is 0 Å². The molecular weight excluding hydrogens is 292 g/mol. The minimum absolute atomic E-state index is 0.0481. The van der Waals surface area contributed by atoms with Crippen LogP contribution in [-0.2, 0) is 0 Å². The van der Waals surface area contributed by atoms with Crippen LogP contribution in [0.15, 0.2) is 59.3 Å². The highest BCUT2D eigenvalue weighted by Gasteiger charge is 2.16. The Morgan fingerprint density at radius 2 is 1.86 bits per heavy atom. The molecule has 22 heavy (non-hydrogen) atoms. The van der Waals surface area contributed by atoms with E-state index in [1.165, 1.54) is 0 Å². The number of anilines is 1. The molecule has 0 unspecified atom stereocenters. The number of benzene rings is 1. The van der Waals surface area contributed by atoms with Crippen LogP contribution in [0, 0.1) is 6.92 Å². The average Bonchev–Trinajstić information content (AvgIpc) is 3.09. The van der Waals surface area contributed by atoms with Crippen molar-refractivity contribution in [3.63, 3.8) is 0 Å². The normalized spacial score (nSPS) is 10.5. The summed E-state index contributed by atoms with van der Waals surface area (Å²) in [6.45, 7) is 1.88. The Morgan fingerprint density at radius 3 is 2.50 bits per heavy atom. The van der Waals surface area contributed by atoms with Crippen LogP contribution >= 0.6 is 11.3 Å². The Morgan fingerprint density at radius 1 is 1.09 bits per heavy atom. The Kier molecular flexibility index (Phi) is 4.02. The maximum atomic E-state index is 12.7. The Balaban J connectivity index is 1.90. The fraction of sp³-hybridized carbons (Fsp3) is 0.111. The molecular formula is C18H16N2OS. The fourth-order valence-corrected chi connectivity index (χ4v) is 2.96. The van der Waals surface area contributed by atoms with E-state index in [0.717, 1.165) is 22.6 Å². The number of pyridine rings is 1. The lowest BCUT2D eigenvalue weighted by molar-refractivity contribution is 0.0992. The number of carbonyl (C=O) groups excluding carboxylic acids is 1. The van der Waals surface area contributed by atoms with Gasteiger partial charge >= 0.3 is 0 Å². The number of hydrogen-bond acceptors (Lipinski definition) is 3. The zero-order chi connectivity index (χ0) is 15.5. The monoisotopic (exact) mass is 308 g/mol. The van der Waals surface area contributed by atoms with Gasteiger partial charge in [-0.05, 0) is 42.6 Å². The first-order valence-corrected chi connectivity index (χ1v) is 7.94. The summed E-state index contributed by atoms with van der Waals surface area (Å²) in [5.41, 5.74) is 4.23. The molecule has 0 aliphatic rings. The van der Waals surface area contributed by atoms with Gasteiger partial charge in [0.05, 0.1) is 17.0 Å². The number of rotatable bonds is 3. The van der Waals surface area contributed by atoms with Crippen LogP contribution in [0.4, 0.5) is 5.69 Å². The molecule has 3 nitrogen and oxygen atoms in total. The van der Waals surface area contributed by atoms with E-state index in [-0.39, 0.29) is 5.91 Å². The molecule has 2 heterocycles. The summed E-state index contributed by atoms with van der Waals surface area (Å²) < 4.78 is 0. The molecule has 1 aromatic carbocycles. The van der Waals surface area contributed by atoms with E-state index in [1.54, 1.807) is 23.3 Å². The number of amides is 1. The highest BCUT2D eigenvalue weighted by molar-refractivity contribution is 7.08. The van der Waals surface area contributed by atoms with Crippen LogP contribution in [0.5, 0.6) is 0 Å². The smallest absolute Gasteiger partial charge is 0.259 e. The molecule has 3 rings (SSSR count). The molecule has 0 N–H and O–H groups in total. The van der Waals surface area contributed by atoms with Gasteiger partial charge in [0, 0.05) is 23.7 Å². The number of aromatic nitrogens is 1. The van der Waals surface area contributed by atoms with E-state index in [2.05, 4.69) is 10.4 Å². The van der Waals surface area contributed by atoms with Gasteiger partial charge in [-0.2, -0.15) is 11.3 Å². The lowest BCUT2D eigenvalue weighted by Crippen LogP contribution is -2.27. The summed E-state index contributed by atoms with van der Waals surface area (Å²) in [4.78, 5) is 18.9. The third kappa shape index (κ3) is 2.78. The number of carbonyl (C=O) groups is 1. The average molecular weight is 308 g/mol. The maximum Gasteiger partial charge on any atom is 0.259 e. The predicted octanol–water partition coefficient (Wildman–Crippen LogP) is 4.40. The SMILES string of the molecule is Cc1nc(-c2ccsc2)ccc1C(=O)N(C)c1ccccc1. The molecule has 0 fully saturated rings. The van der Waals surface area contributed by atoms with Crippen molar-refractivity contribution < 1.29 is 4.79 Å². The van der Waals surface area contributed by atoms with Crippen molar-refractivity contribution in [3.05, 3.63) is 70.5 Å². The molecule has 0 saturated carbocycles. The lowest BCUT2D eigenvalue weighted by atomic mass is 10.1. The summed E-state index contributed by atoms with van der Waals surface area (Å²) in [7, 11) is 1.78. The topological polar surface area (TPSA) is 33.2 Å².